The number of thioether (sulfide) groups is 1. The number of aliphatic hydroxyl groups excluding tert-OH is 1. The van der Waals surface area contributed by atoms with Crippen LogP contribution in [0.5, 0.6) is 0 Å². The molecule has 6 atom stereocenters. The number of esters is 1. The van der Waals surface area contributed by atoms with Gasteiger partial charge >= 0.3 is 5.97 Å². The third-order valence-corrected chi connectivity index (χ3v) is 9.57. The number of nitrogens with zero attached hydrogens (tertiary/aromatic N) is 2. The van der Waals surface area contributed by atoms with Crippen molar-refractivity contribution in [1.82, 2.24) is 9.80 Å². The summed E-state index contributed by atoms with van der Waals surface area (Å²) in [5.41, 5.74) is -0.459. The fourth-order valence-corrected chi connectivity index (χ4v) is 8.42. The number of aliphatic hydroxyl groups is 1. The minimum Gasteiger partial charge on any atom is -0.465 e. The van der Waals surface area contributed by atoms with Crippen LogP contribution in [0.1, 0.15) is 53.4 Å². The fourth-order valence-electron chi connectivity index (χ4n) is 6.02. The van der Waals surface area contributed by atoms with Crippen molar-refractivity contribution in [2.24, 2.45) is 17.8 Å². The summed E-state index contributed by atoms with van der Waals surface area (Å²) in [6, 6.07) is -0.681. The van der Waals surface area contributed by atoms with E-state index in [0.29, 0.717) is 26.0 Å². The SMILES string of the molecule is C=CCCCOC(=O)[C@@H]1[C@@H]2CC(C)C3(S2)C(C(=O)N(CC=C)C(C)(C)C)N(CCCO)C(=O)[C@H]13. The first-order valence-corrected chi connectivity index (χ1v) is 13.2. The zero-order valence-corrected chi connectivity index (χ0v) is 21.8. The van der Waals surface area contributed by atoms with E-state index in [1.54, 1.807) is 33.7 Å². The van der Waals surface area contributed by atoms with Crippen LogP contribution >= 0.6 is 11.8 Å². The largest absolute Gasteiger partial charge is 0.465 e. The molecule has 2 amide bonds. The summed E-state index contributed by atoms with van der Waals surface area (Å²) in [6.07, 6.45) is 6.11. The second-order valence-electron chi connectivity index (χ2n) is 10.7. The maximum absolute atomic E-state index is 14.2. The Balaban J connectivity index is 2.00. The maximum Gasteiger partial charge on any atom is 0.310 e. The van der Waals surface area contributed by atoms with Crippen LogP contribution in [0.4, 0.5) is 0 Å². The summed E-state index contributed by atoms with van der Waals surface area (Å²) in [5.74, 6) is -1.64. The number of carbonyl (C=O) groups excluding carboxylic acids is 3. The van der Waals surface area contributed by atoms with Crippen molar-refractivity contribution in [2.75, 3.05) is 26.3 Å². The molecule has 0 aromatic heterocycles. The predicted molar refractivity (Wildman–Crippen MR) is 134 cm³/mol. The van der Waals surface area contributed by atoms with Gasteiger partial charge in [0.25, 0.3) is 0 Å². The molecule has 0 aromatic rings. The number of hydrogen-bond acceptors (Lipinski definition) is 6. The topological polar surface area (TPSA) is 87.2 Å². The van der Waals surface area contributed by atoms with Crippen molar-refractivity contribution >= 4 is 29.5 Å². The molecule has 3 aliphatic rings. The van der Waals surface area contributed by atoms with Gasteiger partial charge in [-0.2, -0.15) is 0 Å². The first-order valence-electron chi connectivity index (χ1n) is 12.3. The summed E-state index contributed by atoms with van der Waals surface area (Å²) in [6.45, 7) is 16.4. The number of unbranched alkanes of at least 4 members (excludes halogenated alkanes) is 1. The molecule has 3 unspecified atom stereocenters. The summed E-state index contributed by atoms with van der Waals surface area (Å²) in [7, 11) is 0. The Labute approximate surface area is 208 Å². The van der Waals surface area contributed by atoms with Gasteiger partial charge in [-0.15, -0.1) is 24.9 Å². The highest BCUT2D eigenvalue weighted by atomic mass is 32.2. The van der Waals surface area contributed by atoms with Crippen LogP contribution in [0.2, 0.25) is 0 Å². The zero-order chi connectivity index (χ0) is 25.3. The summed E-state index contributed by atoms with van der Waals surface area (Å²) < 4.78 is 4.93. The highest BCUT2D eigenvalue weighted by Gasteiger charge is 2.76. The minimum atomic E-state index is -0.681. The lowest BCUT2D eigenvalue weighted by atomic mass is 9.66. The summed E-state index contributed by atoms with van der Waals surface area (Å²) >= 11 is 1.65. The van der Waals surface area contributed by atoms with E-state index in [2.05, 4.69) is 20.1 Å². The molecule has 3 fully saturated rings. The molecule has 2 bridgehead atoms. The molecule has 3 rings (SSSR count). The molecule has 8 heteroatoms. The van der Waals surface area contributed by atoms with Gasteiger partial charge < -0.3 is 19.6 Å². The van der Waals surface area contributed by atoms with E-state index in [4.69, 9.17) is 4.74 Å². The quantitative estimate of drug-likeness (QED) is 0.271. The average molecular weight is 493 g/mol. The van der Waals surface area contributed by atoms with Gasteiger partial charge in [-0.1, -0.05) is 19.1 Å². The third kappa shape index (κ3) is 4.43. The summed E-state index contributed by atoms with van der Waals surface area (Å²) in [5, 5.41) is 9.46. The highest BCUT2D eigenvalue weighted by Crippen LogP contribution is 2.68. The Bertz CT molecular complexity index is 824. The van der Waals surface area contributed by atoms with Crippen molar-refractivity contribution in [3.05, 3.63) is 25.3 Å². The molecule has 0 radical (unpaired) electrons. The van der Waals surface area contributed by atoms with Crippen LogP contribution in [0.25, 0.3) is 0 Å². The van der Waals surface area contributed by atoms with E-state index in [1.807, 2.05) is 20.8 Å². The number of allylic oxidation sites excluding steroid dienone is 1. The molecule has 3 heterocycles. The van der Waals surface area contributed by atoms with E-state index in [9.17, 15) is 19.5 Å². The molecule has 7 nitrogen and oxygen atoms in total. The number of fused-ring (bicyclic) bond motifs is 1. The van der Waals surface area contributed by atoms with Gasteiger partial charge in [0.1, 0.15) is 6.04 Å². The van der Waals surface area contributed by atoms with E-state index in [1.165, 1.54) is 0 Å². The fraction of sp³-hybridized carbons (Fsp3) is 0.731. The molecule has 0 aromatic carbocycles. The first kappa shape index (κ1) is 26.8. The monoisotopic (exact) mass is 492 g/mol. The molecule has 1 spiro atoms. The molecule has 0 saturated carbocycles. The molecule has 1 N–H and O–H groups in total. The Morgan fingerprint density at radius 3 is 2.59 bits per heavy atom. The van der Waals surface area contributed by atoms with Gasteiger partial charge in [0.05, 0.1) is 23.2 Å². The smallest absolute Gasteiger partial charge is 0.310 e. The first-order chi connectivity index (χ1) is 16.1. The number of carbonyl (C=O) groups is 3. The molecule has 3 saturated heterocycles. The molecular weight excluding hydrogens is 452 g/mol. The van der Waals surface area contributed by atoms with Gasteiger partial charge in [0.2, 0.25) is 11.8 Å². The van der Waals surface area contributed by atoms with E-state index >= 15 is 0 Å². The van der Waals surface area contributed by atoms with Crippen LogP contribution in [-0.4, -0.2) is 80.6 Å². The molecule has 190 valence electrons. The Morgan fingerprint density at radius 2 is 2.00 bits per heavy atom. The zero-order valence-electron chi connectivity index (χ0n) is 21.0. The number of likely N-dealkylation sites (tertiary alicyclic amines) is 1. The molecule has 3 aliphatic heterocycles. The van der Waals surface area contributed by atoms with Crippen molar-refractivity contribution < 1.29 is 24.2 Å². The van der Waals surface area contributed by atoms with E-state index in [-0.39, 0.29) is 42.1 Å². The predicted octanol–water partition coefficient (Wildman–Crippen LogP) is 3.03. The lowest BCUT2D eigenvalue weighted by Crippen LogP contribution is -2.60. The molecular formula is C26H40N2O5S. The van der Waals surface area contributed by atoms with Crippen molar-refractivity contribution in [3.63, 3.8) is 0 Å². The van der Waals surface area contributed by atoms with E-state index in [0.717, 1.165) is 12.8 Å². The Kier molecular flexibility index (Phi) is 8.23. The summed E-state index contributed by atoms with van der Waals surface area (Å²) in [4.78, 5) is 44.7. The van der Waals surface area contributed by atoms with Crippen LogP contribution in [0, 0.1) is 17.8 Å². The second kappa shape index (κ2) is 10.4. The number of hydrogen-bond donors (Lipinski definition) is 1. The van der Waals surface area contributed by atoms with Crippen LogP contribution < -0.4 is 0 Å². The van der Waals surface area contributed by atoms with Crippen molar-refractivity contribution in [2.45, 2.75) is 75.0 Å². The minimum absolute atomic E-state index is 0.0337. The normalized spacial score (nSPS) is 32.0. The van der Waals surface area contributed by atoms with Crippen LogP contribution in [-0.2, 0) is 19.1 Å². The van der Waals surface area contributed by atoms with Gasteiger partial charge in [-0.25, -0.2) is 0 Å². The van der Waals surface area contributed by atoms with Gasteiger partial charge in [0.15, 0.2) is 0 Å². The van der Waals surface area contributed by atoms with Gasteiger partial charge in [-0.3, -0.25) is 14.4 Å². The second-order valence-corrected chi connectivity index (χ2v) is 12.2. The Hall–Kier alpha value is -1.80. The molecule has 0 aliphatic carbocycles. The number of rotatable bonds is 11. The van der Waals surface area contributed by atoms with Gasteiger partial charge in [-0.05, 0) is 52.4 Å². The lowest BCUT2D eigenvalue weighted by molar-refractivity contribution is -0.154. The van der Waals surface area contributed by atoms with Crippen LogP contribution in [0.15, 0.2) is 25.3 Å². The highest BCUT2D eigenvalue weighted by molar-refractivity contribution is 8.02. The third-order valence-electron chi connectivity index (χ3n) is 7.49. The van der Waals surface area contributed by atoms with Gasteiger partial charge in [0, 0.05) is 30.5 Å². The lowest BCUT2D eigenvalue weighted by Gasteiger charge is -2.44. The van der Waals surface area contributed by atoms with Crippen molar-refractivity contribution in [3.8, 4) is 0 Å². The Morgan fingerprint density at radius 1 is 1.29 bits per heavy atom. The van der Waals surface area contributed by atoms with E-state index < -0.39 is 28.2 Å². The average Bonchev–Trinajstić information content (AvgIpc) is 3.36. The standard InChI is InChI=1S/C26H40N2O5S/c1-7-9-10-15-33-24(32)19-18-16-17(3)26(34-18)20(19)22(30)27(13-11-14-29)21(26)23(31)28(12-8-2)25(4,5)6/h7-8,17-21,29H,1-2,9-16H2,3-6H3/t17?,18-,19+,20-,21?,26?/m0/s1. The molecule has 34 heavy (non-hydrogen) atoms. The maximum atomic E-state index is 14.2. The number of ether oxygens (including phenoxy) is 1. The van der Waals surface area contributed by atoms with Crippen molar-refractivity contribution in [1.29, 1.82) is 0 Å². The number of amides is 2. The van der Waals surface area contributed by atoms with Crippen LogP contribution in [0.3, 0.4) is 0 Å².